The molecule has 3 rings (SSSR count). The van der Waals surface area contributed by atoms with E-state index < -0.39 is 0 Å². The summed E-state index contributed by atoms with van der Waals surface area (Å²) >= 11 is 0. The summed E-state index contributed by atoms with van der Waals surface area (Å²) in [6, 6.07) is 18.8. The van der Waals surface area contributed by atoms with Gasteiger partial charge in [-0.3, -0.25) is 0 Å². The van der Waals surface area contributed by atoms with E-state index in [2.05, 4.69) is 63.7 Å². The van der Waals surface area contributed by atoms with Gasteiger partial charge in [-0.15, -0.1) is 0 Å². The first-order valence-corrected chi connectivity index (χ1v) is 7.08. The van der Waals surface area contributed by atoms with Crippen LogP contribution in [0, 0.1) is 0 Å². The summed E-state index contributed by atoms with van der Waals surface area (Å²) in [5.74, 6) is 0.990. The Morgan fingerprint density at radius 3 is 2.52 bits per heavy atom. The Bertz CT molecular complexity index is 731. The van der Waals surface area contributed by atoms with Gasteiger partial charge in [0.15, 0.2) is 0 Å². The van der Waals surface area contributed by atoms with Gasteiger partial charge in [-0.1, -0.05) is 42.5 Å². The summed E-state index contributed by atoms with van der Waals surface area (Å²) in [5, 5.41) is 5.90. The van der Waals surface area contributed by atoms with E-state index in [1.54, 1.807) is 0 Å². The first-order chi connectivity index (χ1) is 10.3. The number of anilines is 2. The Balaban J connectivity index is 1.98. The van der Waals surface area contributed by atoms with Crippen molar-refractivity contribution >= 4 is 22.3 Å². The van der Waals surface area contributed by atoms with Gasteiger partial charge in [0.2, 0.25) is 0 Å². The van der Waals surface area contributed by atoms with Crippen molar-refractivity contribution in [2.45, 2.75) is 6.54 Å². The summed E-state index contributed by atoms with van der Waals surface area (Å²) in [5.41, 5.74) is 2.39. The Hall–Kier alpha value is -2.55. The maximum Gasteiger partial charge on any atom is 0.137 e. The van der Waals surface area contributed by atoms with Crippen LogP contribution in [-0.2, 0) is 6.54 Å². The van der Waals surface area contributed by atoms with E-state index in [-0.39, 0.29) is 0 Å². The predicted molar refractivity (Wildman–Crippen MR) is 89.8 cm³/mol. The number of nitrogens with one attached hydrogen (secondary N) is 1. The van der Waals surface area contributed by atoms with E-state index in [1.165, 1.54) is 16.3 Å². The molecular formula is C18H19N3. The first kappa shape index (κ1) is 13.4. The molecule has 0 amide bonds. The average Bonchev–Trinajstić information content (AvgIpc) is 2.53. The Morgan fingerprint density at radius 1 is 0.952 bits per heavy atom. The molecule has 0 aliphatic rings. The van der Waals surface area contributed by atoms with Crippen LogP contribution in [0.5, 0.6) is 0 Å². The predicted octanol–water partition coefficient (Wildman–Crippen LogP) is 3.91. The van der Waals surface area contributed by atoms with Crippen LogP contribution in [0.3, 0.4) is 0 Å². The second-order valence-electron chi connectivity index (χ2n) is 5.27. The molecule has 0 radical (unpaired) electrons. The fourth-order valence-corrected chi connectivity index (χ4v) is 2.49. The zero-order valence-electron chi connectivity index (χ0n) is 12.4. The normalized spacial score (nSPS) is 10.6. The monoisotopic (exact) mass is 277 g/mol. The van der Waals surface area contributed by atoms with Gasteiger partial charge in [-0.25, -0.2) is 4.98 Å². The third-order valence-corrected chi connectivity index (χ3v) is 3.52. The topological polar surface area (TPSA) is 28.2 Å². The van der Waals surface area contributed by atoms with Gasteiger partial charge in [0.05, 0.1) is 0 Å². The van der Waals surface area contributed by atoms with Gasteiger partial charge >= 0.3 is 0 Å². The second-order valence-corrected chi connectivity index (χ2v) is 5.27. The lowest BCUT2D eigenvalue weighted by Gasteiger charge is -2.17. The lowest BCUT2D eigenvalue weighted by atomic mass is 10.1. The Morgan fingerprint density at radius 2 is 1.76 bits per heavy atom. The van der Waals surface area contributed by atoms with Crippen LogP contribution in [-0.4, -0.2) is 19.1 Å². The maximum absolute atomic E-state index is 4.51. The number of nitrogens with zero attached hydrogens (tertiary/aromatic N) is 2. The number of hydrogen-bond donors (Lipinski definition) is 1. The Kier molecular flexibility index (Phi) is 3.73. The molecule has 0 atom stereocenters. The molecule has 1 aromatic heterocycles. The van der Waals surface area contributed by atoms with E-state index in [0.717, 1.165) is 18.1 Å². The van der Waals surface area contributed by atoms with Crippen LogP contribution in [0.15, 0.2) is 60.8 Å². The van der Waals surface area contributed by atoms with E-state index in [9.17, 15) is 0 Å². The van der Waals surface area contributed by atoms with Crippen LogP contribution in [0.4, 0.5) is 11.5 Å². The van der Waals surface area contributed by atoms with Crippen molar-refractivity contribution in [2.75, 3.05) is 24.3 Å². The van der Waals surface area contributed by atoms with Gasteiger partial charge in [0, 0.05) is 37.9 Å². The van der Waals surface area contributed by atoms with E-state index in [4.69, 9.17) is 0 Å². The van der Waals surface area contributed by atoms with Gasteiger partial charge in [-0.05, 0) is 23.1 Å². The smallest absolute Gasteiger partial charge is 0.137 e. The first-order valence-electron chi connectivity index (χ1n) is 7.08. The number of rotatable bonds is 4. The molecule has 1 heterocycles. The molecule has 0 bridgehead atoms. The van der Waals surface area contributed by atoms with E-state index >= 15 is 0 Å². The number of hydrogen-bond acceptors (Lipinski definition) is 3. The van der Waals surface area contributed by atoms with Crippen molar-refractivity contribution < 1.29 is 0 Å². The molecule has 21 heavy (non-hydrogen) atoms. The fraction of sp³-hybridized carbons (Fsp3) is 0.167. The standard InChI is InChI=1S/C18H19N3/c1-21(2)18-17-15(11-12-19-18)9-6-10-16(17)20-13-14-7-4-3-5-8-14/h3-12,20H,13H2,1-2H3. The lowest BCUT2D eigenvalue weighted by Crippen LogP contribution is -2.12. The molecule has 106 valence electrons. The summed E-state index contributed by atoms with van der Waals surface area (Å²) in [4.78, 5) is 6.56. The molecule has 0 fully saturated rings. The molecule has 3 nitrogen and oxygen atoms in total. The molecule has 3 aromatic rings. The largest absolute Gasteiger partial charge is 0.380 e. The minimum atomic E-state index is 0.807. The van der Waals surface area contributed by atoms with Crippen LogP contribution in [0.1, 0.15) is 5.56 Å². The van der Waals surface area contributed by atoms with Crippen LogP contribution in [0.25, 0.3) is 10.8 Å². The zero-order chi connectivity index (χ0) is 14.7. The lowest BCUT2D eigenvalue weighted by molar-refractivity contribution is 1.08. The third-order valence-electron chi connectivity index (χ3n) is 3.52. The molecule has 1 N–H and O–H groups in total. The quantitative estimate of drug-likeness (QED) is 0.783. The zero-order valence-corrected chi connectivity index (χ0v) is 12.4. The number of fused-ring (bicyclic) bond motifs is 1. The highest BCUT2D eigenvalue weighted by Crippen LogP contribution is 2.30. The Labute approximate surface area is 125 Å². The van der Waals surface area contributed by atoms with E-state index in [0.29, 0.717) is 0 Å². The molecule has 2 aromatic carbocycles. The molecule has 0 spiro atoms. The number of pyridine rings is 1. The number of benzene rings is 2. The molecule has 0 unspecified atom stereocenters. The van der Waals surface area contributed by atoms with Gasteiger partial charge in [0.25, 0.3) is 0 Å². The highest BCUT2D eigenvalue weighted by molar-refractivity contribution is 6.01. The minimum absolute atomic E-state index is 0.807. The van der Waals surface area contributed by atoms with Crippen molar-refractivity contribution in [3.05, 3.63) is 66.4 Å². The van der Waals surface area contributed by atoms with Crippen LogP contribution in [0.2, 0.25) is 0 Å². The van der Waals surface area contributed by atoms with Crippen molar-refractivity contribution in [1.82, 2.24) is 4.98 Å². The second kappa shape index (κ2) is 5.83. The minimum Gasteiger partial charge on any atom is -0.380 e. The van der Waals surface area contributed by atoms with Crippen molar-refractivity contribution in [2.24, 2.45) is 0 Å². The molecule has 3 heteroatoms. The molecule has 0 aliphatic heterocycles. The van der Waals surface area contributed by atoms with Gasteiger partial charge < -0.3 is 10.2 Å². The molecule has 0 saturated heterocycles. The highest BCUT2D eigenvalue weighted by atomic mass is 15.1. The van der Waals surface area contributed by atoms with Crippen molar-refractivity contribution in [3.63, 3.8) is 0 Å². The van der Waals surface area contributed by atoms with Crippen LogP contribution < -0.4 is 10.2 Å². The molecule has 0 aliphatic carbocycles. The molecule has 0 saturated carbocycles. The van der Waals surface area contributed by atoms with Crippen molar-refractivity contribution in [3.8, 4) is 0 Å². The van der Waals surface area contributed by atoms with Crippen molar-refractivity contribution in [1.29, 1.82) is 0 Å². The maximum atomic E-state index is 4.51. The summed E-state index contributed by atoms with van der Waals surface area (Å²) in [6.45, 7) is 0.807. The van der Waals surface area contributed by atoms with Gasteiger partial charge in [0.1, 0.15) is 5.82 Å². The molecular weight excluding hydrogens is 258 g/mol. The van der Waals surface area contributed by atoms with E-state index in [1.807, 2.05) is 26.4 Å². The van der Waals surface area contributed by atoms with Crippen LogP contribution >= 0.6 is 0 Å². The SMILES string of the molecule is CN(C)c1nccc2cccc(NCc3ccccc3)c12. The number of aromatic nitrogens is 1. The average molecular weight is 277 g/mol. The highest BCUT2D eigenvalue weighted by Gasteiger charge is 2.08. The summed E-state index contributed by atoms with van der Waals surface area (Å²) in [6.07, 6.45) is 1.86. The summed E-state index contributed by atoms with van der Waals surface area (Å²) in [7, 11) is 4.05. The fourth-order valence-electron chi connectivity index (χ4n) is 2.49. The third kappa shape index (κ3) is 2.82. The summed E-state index contributed by atoms with van der Waals surface area (Å²) < 4.78 is 0. The van der Waals surface area contributed by atoms with Gasteiger partial charge in [-0.2, -0.15) is 0 Å².